The summed E-state index contributed by atoms with van der Waals surface area (Å²) in [7, 11) is 0. The first-order chi connectivity index (χ1) is 8.58. The summed E-state index contributed by atoms with van der Waals surface area (Å²) in [4.78, 5) is 8.17. The van der Waals surface area contributed by atoms with Crippen molar-refractivity contribution in [3.63, 3.8) is 0 Å². The third-order valence-electron chi connectivity index (χ3n) is 2.69. The standard InChI is InChI=1S/C13H13Cl2N3/c1-8(10-3-5-11(14)6-4-10)18-13-12(15)9(2)16-7-17-13/h3-8H,1-2H3,(H,16,17,18). The van der Waals surface area contributed by atoms with E-state index >= 15 is 0 Å². The van der Waals surface area contributed by atoms with Gasteiger partial charge < -0.3 is 5.32 Å². The van der Waals surface area contributed by atoms with E-state index in [0.29, 0.717) is 10.8 Å². The van der Waals surface area contributed by atoms with Gasteiger partial charge in [0.1, 0.15) is 17.2 Å². The zero-order valence-corrected chi connectivity index (χ0v) is 11.6. The molecule has 18 heavy (non-hydrogen) atoms. The maximum Gasteiger partial charge on any atom is 0.148 e. The maximum absolute atomic E-state index is 6.14. The van der Waals surface area contributed by atoms with E-state index in [1.165, 1.54) is 6.33 Å². The molecule has 0 fully saturated rings. The van der Waals surface area contributed by atoms with Gasteiger partial charge in [0.25, 0.3) is 0 Å². The minimum absolute atomic E-state index is 0.0917. The third kappa shape index (κ3) is 2.92. The molecule has 0 aliphatic rings. The Morgan fingerprint density at radius 2 is 1.78 bits per heavy atom. The molecule has 1 aromatic carbocycles. The molecule has 1 atom stereocenters. The van der Waals surface area contributed by atoms with Crippen molar-refractivity contribution >= 4 is 29.0 Å². The highest BCUT2D eigenvalue weighted by molar-refractivity contribution is 6.33. The van der Waals surface area contributed by atoms with Crippen LogP contribution in [-0.4, -0.2) is 9.97 Å². The van der Waals surface area contributed by atoms with Crippen LogP contribution in [0.5, 0.6) is 0 Å². The van der Waals surface area contributed by atoms with Gasteiger partial charge in [-0.2, -0.15) is 0 Å². The van der Waals surface area contributed by atoms with E-state index in [4.69, 9.17) is 23.2 Å². The molecule has 0 bridgehead atoms. The van der Waals surface area contributed by atoms with Crippen LogP contribution < -0.4 is 5.32 Å². The Bertz CT molecular complexity index is 540. The van der Waals surface area contributed by atoms with E-state index < -0.39 is 0 Å². The first kappa shape index (κ1) is 13.1. The van der Waals surface area contributed by atoms with Crippen molar-refractivity contribution in [2.75, 3.05) is 5.32 Å². The number of aromatic nitrogens is 2. The van der Waals surface area contributed by atoms with Crippen LogP contribution in [0.15, 0.2) is 30.6 Å². The molecule has 0 saturated carbocycles. The fourth-order valence-corrected chi connectivity index (χ4v) is 1.88. The summed E-state index contributed by atoms with van der Waals surface area (Å²) in [6.07, 6.45) is 1.50. The van der Waals surface area contributed by atoms with Crippen molar-refractivity contribution in [3.05, 3.63) is 51.9 Å². The molecule has 0 amide bonds. The Balaban J connectivity index is 2.18. The molecule has 0 aliphatic heterocycles. The monoisotopic (exact) mass is 281 g/mol. The highest BCUT2D eigenvalue weighted by atomic mass is 35.5. The van der Waals surface area contributed by atoms with Crippen molar-refractivity contribution in [2.45, 2.75) is 19.9 Å². The number of nitrogens with zero attached hydrogens (tertiary/aromatic N) is 2. The summed E-state index contributed by atoms with van der Waals surface area (Å²) in [6.45, 7) is 3.89. The number of aryl methyl sites for hydroxylation is 1. The first-order valence-corrected chi connectivity index (χ1v) is 6.32. The number of hydrogen-bond donors (Lipinski definition) is 1. The molecule has 0 radical (unpaired) electrons. The number of anilines is 1. The van der Waals surface area contributed by atoms with E-state index in [0.717, 1.165) is 16.3 Å². The Labute approximate surface area is 116 Å². The predicted molar refractivity (Wildman–Crippen MR) is 75.3 cm³/mol. The first-order valence-electron chi connectivity index (χ1n) is 5.57. The molecule has 3 nitrogen and oxygen atoms in total. The quantitative estimate of drug-likeness (QED) is 0.913. The van der Waals surface area contributed by atoms with Crippen molar-refractivity contribution in [2.24, 2.45) is 0 Å². The molecule has 1 unspecified atom stereocenters. The molecule has 0 spiro atoms. The average Bonchev–Trinajstić information content (AvgIpc) is 2.36. The summed E-state index contributed by atoms with van der Waals surface area (Å²) in [5.41, 5.74) is 1.88. The number of nitrogens with one attached hydrogen (secondary N) is 1. The van der Waals surface area contributed by atoms with Crippen LogP contribution >= 0.6 is 23.2 Å². The van der Waals surface area contributed by atoms with Crippen molar-refractivity contribution in [3.8, 4) is 0 Å². The van der Waals surface area contributed by atoms with Gasteiger partial charge in [0, 0.05) is 11.1 Å². The minimum atomic E-state index is 0.0917. The molecule has 0 aliphatic carbocycles. The fraction of sp³-hybridized carbons (Fsp3) is 0.231. The Morgan fingerprint density at radius 1 is 1.11 bits per heavy atom. The molecule has 1 N–H and O–H groups in total. The maximum atomic E-state index is 6.14. The van der Waals surface area contributed by atoms with Gasteiger partial charge in [-0.25, -0.2) is 9.97 Å². The van der Waals surface area contributed by atoms with Gasteiger partial charge in [0.15, 0.2) is 0 Å². The number of halogens is 2. The largest absolute Gasteiger partial charge is 0.362 e. The van der Waals surface area contributed by atoms with E-state index in [2.05, 4.69) is 15.3 Å². The molecule has 2 rings (SSSR count). The van der Waals surface area contributed by atoms with Gasteiger partial charge in [-0.15, -0.1) is 0 Å². The summed E-state index contributed by atoms with van der Waals surface area (Å²) >= 11 is 12.0. The second-order valence-corrected chi connectivity index (χ2v) is 4.85. The molecular weight excluding hydrogens is 269 g/mol. The number of rotatable bonds is 3. The molecule has 5 heteroatoms. The lowest BCUT2D eigenvalue weighted by atomic mass is 10.1. The van der Waals surface area contributed by atoms with Crippen LogP contribution in [0, 0.1) is 6.92 Å². The van der Waals surface area contributed by atoms with Crippen LogP contribution in [0.1, 0.15) is 24.2 Å². The fourth-order valence-electron chi connectivity index (χ4n) is 1.60. The number of benzene rings is 1. The van der Waals surface area contributed by atoms with Crippen LogP contribution in [0.3, 0.4) is 0 Å². The van der Waals surface area contributed by atoms with Gasteiger partial charge in [0.05, 0.1) is 5.69 Å². The van der Waals surface area contributed by atoms with Gasteiger partial charge in [-0.1, -0.05) is 35.3 Å². The summed E-state index contributed by atoms with van der Waals surface area (Å²) in [5, 5.41) is 4.54. The zero-order valence-electron chi connectivity index (χ0n) is 10.1. The van der Waals surface area contributed by atoms with Crippen molar-refractivity contribution < 1.29 is 0 Å². The summed E-state index contributed by atoms with van der Waals surface area (Å²) in [6, 6.07) is 7.77. The molecular formula is C13H13Cl2N3. The highest BCUT2D eigenvalue weighted by Gasteiger charge is 2.10. The molecule has 1 heterocycles. The lowest BCUT2D eigenvalue weighted by molar-refractivity contribution is 0.870. The van der Waals surface area contributed by atoms with Crippen molar-refractivity contribution in [1.29, 1.82) is 0 Å². The van der Waals surface area contributed by atoms with Gasteiger partial charge in [0.2, 0.25) is 0 Å². The highest BCUT2D eigenvalue weighted by Crippen LogP contribution is 2.25. The number of hydrogen-bond acceptors (Lipinski definition) is 3. The second kappa shape index (κ2) is 5.55. The minimum Gasteiger partial charge on any atom is -0.362 e. The topological polar surface area (TPSA) is 37.8 Å². The molecule has 94 valence electrons. The molecule has 1 aromatic heterocycles. The smallest absolute Gasteiger partial charge is 0.148 e. The second-order valence-electron chi connectivity index (χ2n) is 4.04. The average molecular weight is 282 g/mol. The van der Waals surface area contributed by atoms with E-state index in [9.17, 15) is 0 Å². The Hall–Kier alpha value is -1.32. The van der Waals surface area contributed by atoms with Crippen LogP contribution in [0.25, 0.3) is 0 Å². The zero-order chi connectivity index (χ0) is 13.1. The normalized spacial score (nSPS) is 12.2. The van der Waals surface area contributed by atoms with Crippen LogP contribution in [0.2, 0.25) is 10.0 Å². The van der Waals surface area contributed by atoms with Gasteiger partial charge >= 0.3 is 0 Å². The summed E-state index contributed by atoms with van der Waals surface area (Å²) < 4.78 is 0. The molecule has 0 saturated heterocycles. The van der Waals surface area contributed by atoms with Crippen LogP contribution in [-0.2, 0) is 0 Å². The van der Waals surface area contributed by atoms with Crippen LogP contribution in [0.4, 0.5) is 5.82 Å². The van der Waals surface area contributed by atoms with Gasteiger partial charge in [-0.3, -0.25) is 0 Å². The van der Waals surface area contributed by atoms with Gasteiger partial charge in [-0.05, 0) is 31.5 Å². The van der Waals surface area contributed by atoms with Crippen molar-refractivity contribution in [1.82, 2.24) is 9.97 Å². The summed E-state index contributed by atoms with van der Waals surface area (Å²) in [5.74, 6) is 0.645. The lowest BCUT2D eigenvalue weighted by Gasteiger charge is -2.16. The Kier molecular flexibility index (Phi) is 4.04. The third-order valence-corrected chi connectivity index (χ3v) is 3.39. The lowest BCUT2D eigenvalue weighted by Crippen LogP contribution is -2.09. The van der Waals surface area contributed by atoms with E-state index in [1.807, 2.05) is 38.1 Å². The molecule has 2 aromatic rings. The van der Waals surface area contributed by atoms with E-state index in [1.54, 1.807) is 0 Å². The Morgan fingerprint density at radius 3 is 2.44 bits per heavy atom. The predicted octanol–water partition coefficient (Wildman–Crippen LogP) is 4.26. The SMILES string of the molecule is Cc1ncnc(NC(C)c2ccc(Cl)cc2)c1Cl. The van der Waals surface area contributed by atoms with E-state index in [-0.39, 0.29) is 6.04 Å².